The molecule has 23 heavy (non-hydrogen) atoms. The highest BCUT2D eigenvalue weighted by atomic mass is 16.5. The van der Waals surface area contributed by atoms with E-state index in [1.807, 2.05) is 6.07 Å². The third-order valence-electron chi connectivity index (χ3n) is 4.10. The Morgan fingerprint density at radius 2 is 2.17 bits per heavy atom. The van der Waals surface area contributed by atoms with Gasteiger partial charge in [-0.15, -0.1) is 0 Å². The Labute approximate surface area is 136 Å². The Kier molecular flexibility index (Phi) is 6.40. The topological polar surface area (TPSA) is 76.7 Å². The first-order valence-electron chi connectivity index (χ1n) is 7.86. The van der Waals surface area contributed by atoms with Crippen molar-refractivity contribution in [1.82, 2.24) is 10.6 Å². The van der Waals surface area contributed by atoms with E-state index in [2.05, 4.69) is 10.6 Å². The summed E-state index contributed by atoms with van der Waals surface area (Å²) in [6, 6.07) is 5.22. The van der Waals surface area contributed by atoms with Gasteiger partial charge in [0, 0.05) is 13.0 Å². The lowest BCUT2D eigenvalue weighted by Gasteiger charge is -2.11. The highest BCUT2D eigenvalue weighted by molar-refractivity contribution is 5.92. The fourth-order valence-electron chi connectivity index (χ4n) is 2.72. The highest BCUT2D eigenvalue weighted by Gasteiger charge is 2.16. The van der Waals surface area contributed by atoms with Gasteiger partial charge in [0.2, 0.25) is 5.91 Å². The zero-order valence-electron chi connectivity index (χ0n) is 13.7. The van der Waals surface area contributed by atoms with Crippen molar-refractivity contribution in [2.24, 2.45) is 5.92 Å². The minimum absolute atomic E-state index is 0.0346. The van der Waals surface area contributed by atoms with Crippen LogP contribution in [0.25, 0.3) is 0 Å². The number of methoxy groups -OCH3 is 2. The molecule has 1 aromatic rings. The van der Waals surface area contributed by atoms with Gasteiger partial charge >= 0.3 is 5.97 Å². The quantitative estimate of drug-likeness (QED) is 0.744. The lowest BCUT2D eigenvalue weighted by atomic mass is 10.0. The van der Waals surface area contributed by atoms with Gasteiger partial charge in [-0.1, -0.05) is 6.07 Å². The first-order valence-corrected chi connectivity index (χ1v) is 7.86. The van der Waals surface area contributed by atoms with Crippen LogP contribution in [0.15, 0.2) is 18.2 Å². The molecule has 1 atom stereocenters. The van der Waals surface area contributed by atoms with Gasteiger partial charge in [0.25, 0.3) is 0 Å². The normalized spacial score (nSPS) is 16.9. The number of ether oxygens (including phenoxy) is 2. The Hall–Kier alpha value is -2.08. The minimum atomic E-state index is -0.455. The molecule has 0 saturated carbocycles. The predicted molar refractivity (Wildman–Crippen MR) is 86.4 cm³/mol. The molecule has 6 nitrogen and oxygen atoms in total. The Morgan fingerprint density at radius 3 is 2.83 bits per heavy atom. The second-order valence-electron chi connectivity index (χ2n) is 5.70. The number of benzene rings is 1. The lowest BCUT2D eigenvalue weighted by Crippen LogP contribution is -2.23. The van der Waals surface area contributed by atoms with E-state index in [9.17, 15) is 9.59 Å². The zero-order valence-corrected chi connectivity index (χ0v) is 13.7. The summed E-state index contributed by atoms with van der Waals surface area (Å²) in [4.78, 5) is 23.7. The van der Waals surface area contributed by atoms with Crippen LogP contribution in [-0.2, 0) is 16.1 Å². The minimum Gasteiger partial charge on any atom is -0.496 e. The fraction of sp³-hybridized carbons (Fsp3) is 0.529. The lowest BCUT2D eigenvalue weighted by molar-refractivity contribution is -0.121. The monoisotopic (exact) mass is 320 g/mol. The number of esters is 1. The molecular formula is C17H24N2O4. The van der Waals surface area contributed by atoms with Crippen LogP contribution in [0, 0.1) is 5.92 Å². The third kappa shape index (κ3) is 4.96. The molecule has 2 rings (SSSR count). The van der Waals surface area contributed by atoms with E-state index >= 15 is 0 Å². The smallest absolute Gasteiger partial charge is 0.341 e. The maximum atomic E-state index is 11.9. The van der Waals surface area contributed by atoms with Crippen LogP contribution < -0.4 is 15.4 Å². The average Bonchev–Trinajstić information content (AvgIpc) is 3.10. The van der Waals surface area contributed by atoms with Crippen LogP contribution in [-0.4, -0.2) is 39.2 Å². The number of amides is 1. The first-order chi connectivity index (χ1) is 11.1. The first kappa shape index (κ1) is 17.3. The fourth-order valence-corrected chi connectivity index (χ4v) is 2.72. The van der Waals surface area contributed by atoms with E-state index in [4.69, 9.17) is 9.47 Å². The maximum Gasteiger partial charge on any atom is 0.341 e. The molecule has 1 aromatic carbocycles. The second kappa shape index (κ2) is 8.53. The number of carbonyl (C=O) groups is 2. The van der Waals surface area contributed by atoms with Gasteiger partial charge in [0.15, 0.2) is 0 Å². The van der Waals surface area contributed by atoms with Gasteiger partial charge in [-0.05, 0) is 49.5 Å². The average molecular weight is 320 g/mol. The van der Waals surface area contributed by atoms with Crippen molar-refractivity contribution in [2.45, 2.75) is 25.8 Å². The number of hydrogen-bond acceptors (Lipinski definition) is 5. The molecule has 126 valence electrons. The molecular weight excluding hydrogens is 296 g/mol. The summed E-state index contributed by atoms with van der Waals surface area (Å²) in [5, 5.41) is 6.19. The van der Waals surface area contributed by atoms with Gasteiger partial charge in [0.05, 0.1) is 14.2 Å². The summed E-state index contributed by atoms with van der Waals surface area (Å²) in [5.41, 5.74) is 1.20. The number of rotatable bonds is 7. The molecule has 2 N–H and O–H groups in total. The van der Waals surface area contributed by atoms with E-state index in [1.165, 1.54) is 14.2 Å². The van der Waals surface area contributed by atoms with Crippen LogP contribution in [0.5, 0.6) is 5.75 Å². The van der Waals surface area contributed by atoms with Crippen LogP contribution >= 0.6 is 0 Å². The Balaban J connectivity index is 1.86. The maximum absolute atomic E-state index is 11.9. The second-order valence-corrected chi connectivity index (χ2v) is 5.70. The van der Waals surface area contributed by atoms with Crippen molar-refractivity contribution in [2.75, 3.05) is 27.3 Å². The molecule has 0 spiro atoms. The van der Waals surface area contributed by atoms with E-state index < -0.39 is 5.97 Å². The molecule has 0 radical (unpaired) electrons. The Morgan fingerprint density at radius 1 is 1.35 bits per heavy atom. The van der Waals surface area contributed by atoms with Crippen molar-refractivity contribution in [3.8, 4) is 5.75 Å². The molecule has 0 bridgehead atoms. The van der Waals surface area contributed by atoms with Gasteiger partial charge in [-0.25, -0.2) is 4.79 Å². The van der Waals surface area contributed by atoms with Gasteiger partial charge in [0.1, 0.15) is 11.3 Å². The number of hydrogen-bond donors (Lipinski definition) is 2. The van der Waals surface area contributed by atoms with Crippen molar-refractivity contribution < 1.29 is 19.1 Å². The summed E-state index contributed by atoms with van der Waals surface area (Å²) in [7, 11) is 2.83. The van der Waals surface area contributed by atoms with Crippen molar-refractivity contribution in [1.29, 1.82) is 0 Å². The van der Waals surface area contributed by atoms with Gasteiger partial charge in [-0.2, -0.15) is 0 Å². The predicted octanol–water partition coefficient (Wildman–Crippen LogP) is 1.49. The van der Waals surface area contributed by atoms with Gasteiger partial charge in [-0.3, -0.25) is 4.79 Å². The van der Waals surface area contributed by atoms with E-state index in [-0.39, 0.29) is 5.91 Å². The standard InChI is InChI=1S/C17H24N2O4/c1-22-15-5-3-13(9-14(15)17(21)23-2)11-19-16(20)6-4-12-7-8-18-10-12/h3,5,9,12,18H,4,6-8,10-11H2,1-2H3,(H,19,20). The van der Waals surface area contributed by atoms with Crippen molar-refractivity contribution >= 4 is 11.9 Å². The Bertz CT molecular complexity index is 554. The molecule has 0 aliphatic carbocycles. The van der Waals surface area contributed by atoms with Crippen LogP contribution in [0.2, 0.25) is 0 Å². The van der Waals surface area contributed by atoms with Crippen LogP contribution in [0.3, 0.4) is 0 Å². The third-order valence-corrected chi connectivity index (χ3v) is 4.10. The van der Waals surface area contributed by atoms with Crippen LogP contribution in [0.4, 0.5) is 0 Å². The largest absolute Gasteiger partial charge is 0.496 e. The van der Waals surface area contributed by atoms with Crippen molar-refractivity contribution in [3.63, 3.8) is 0 Å². The molecule has 1 heterocycles. The molecule has 1 fully saturated rings. The molecule has 0 aromatic heterocycles. The van der Waals surface area contributed by atoms with E-state index in [1.54, 1.807) is 12.1 Å². The van der Waals surface area contributed by atoms with E-state index in [0.717, 1.165) is 31.5 Å². The molecule has 1 unspecified atom stereocenters. The summed E-state index contributed by atoms with van der Waals surface area (Å²) < 4.78 is 9.89. The SMILES string of the molecule is COC(=O)c1cc(CNC(=O)CCC2CCNC2)ccc1OC. The zero-order chi connectivity index (χ0) is 16.7. The summed E-state index contributed by atoms with van der Waals surface area (Å²) >= 11 is 0. The molecule has 1 amide bonds. The molecule has 1 aliphatic heterocycles. The number of nitrogens with one attached hydrogen (secondary N) is 2. The molecule has 6 heteroatoms. The van der Waals surface area contributed by atoms with E-state index in [0.29, 0.717) is 30.2 Å². The summed E-state index contributed by atoms with van der Waals surface area (Å²) in [5.74, 6) is 0.643. The highest BCUT2D eigenvalue weighted by Crippen LogP contribution is 2.21. The number of carbonyl (C=O) groups excluding carboxylic acids is 2. The molecule has 1 aliphatic rings. The van der Waals surface area contributed by atoms with Crippen molar-refractivity contribution in [3.05, 3.63) is 29.3 Å². The van der Waals surface area contributed by atoms with Gasteiger partial charge < -0.3 is 20.1 Å². The summed E-state index contributed by atoms with van der Waals surface area (Å²) in [6.07, 6.45) is 2.59. The summed E-state index contributed by atoms with van der Waals surface area (Å²) in [6.45, 7) is 2.44. The molecule has 1 saturated heterocycles. The van der Waals surface area contributed by atoms with Crippen LogP contribution in [0.1, 0.15) is 35.2 Å².